The summed E-state index contributed by atoms with van der Waals surface area (Å²) in [4.78, 5) is 14.6. The van der Waals surface area contributed by atoms with Gasteiger partial charge in [0, 0.05) is 35.6 Å². The van der Waals surface area contributed by atoms with Crippen LogP contribution in [0.1, 0.15) is 33.4 Å². The SMILES string of the molecule is CCOC(=O)c1[nH]ncc1CN1CCOCC(F)(F)c2cc(Cl)sc2CC1. The first kappa shape index (κ1) is 20.2. The summed E-state index contributed by atoms with van der Waals surface area (Å²) in [5, 5.41) is 6.59. The van der Waals surface area contributed by atoms with Gasteiger partial charge in [-0.3, -0.25) is 10.00 Å². The fraction of sp³-hybridized carbons (Fsp3) is 0.529. The number of ether oxygens (including phenoxy) is 2. The van der Waals surface area contributed by atoms with E-state index in [9.17, 15) is 13.6 Å². The molecule has 1 N–H and O–H groups in total. The van der Waals surface area contributed by atoms with Gasteiger partial charge in [-0.05, 0) is 19.4 Å². The van der Waals surface area contributed by atoms with Crippen LogP contribution >= 0.6 is 22.9 Å². The average Bonchev–Trinajstić information content (AvgIpc) is 3.22. The van der Waals surface area contributed by atoms with Crippen molar-refractivity contribution in [1.29, 1.82) is 0 Å². The standard InChI is InChI=1S/C17H20ClF2N3O3S/c1-2-26-16(24)15-11(8-21-22-15)9-23-4-3-13-12(7-14(18)27-13)17(19,20)10-25-6-5-23/h7-8H,2-6,9-10H2,1H3,(H,21,22). The quantitative estimate of drug-likeness (QED) is 0.768. The van der Waals surface area contributed by atoms with Crippen molar-refractivity contribution in [2.75, 3.05) is 32.9 Å². The lowest BCUT2D eigenvalue weighted by Crippen LogP contribution is -2.33. The number of H-pyrrole nitrogens is 1. The van der Waals surface area contributed by atoms with Gasteiger partial charge in [-0.25, -0.2) is 4.79 Å². The van der Waals surface area contributed by atoms with Gasteiger partial charge in [0.25, 0.3) is 5.92 Å². The number of hydrogen-bond acceptors (Lipinski definition) is 6. The molecule has 148 valence electrons. The molecular weight excluding hydrogens is 400 g/mol. The molecule has 2 aromatic rings. The van der Waals surface area contributed by atoms with Crippen LogP contribution in [0.5, 0.6) is 0 Å². The van der Waals surface area contributed by atoms with E-state index in [2.05, 4.69) is 10.2 Å². The van der Waals surface area contributed by atoms with E-state index in [0.29, 0.717) is 46.5 Å². The van der Waals surface area contributed by atoms with Crippen LogP contribution in [-0.2, 0) is 28.4 Å². The highest BCUT2D eigenvalue weighted by molar-refractivity contribution is 7.16. The number of aromatic amines is 1. The van der Waals surface area contributed by atoms with Crippen LogP contribution in [0, 0.1) is 0 Å². The van der Waals surface area contributed by atoms with Crippen molar-refractivity contribution in [3.05, 3.63) is 38.3 Å². The Hall–Kier alpha value is -1.55. The molecule has 0 bridgehead atoms. The van der Waals surface area contributed by atoms with Gasteiger partial charge >= 0.3 is 5.97 Å². The topological polar surface area (TPSA) is 67.5 Å². The summed E-state index contributed by atoms with van der Waals surface area (Å²) in [5.41, 5.74) is 0.941. The number of nitrogens with zero attached hydrogens (tertiary/aromatic N) is 2. The summed E-state index contributed by atoms with van der Waals surface area (Å²) in [5.74, 6) is -3.52. The van der Waals surface area contributed by atoms with Crippen molar-refractivity contribution in [3.8, 4) is 0 Å². The fourth-order valence-electron chi connectivity index (χ4n) is 2.94. The first-order valence-electron chi connectivity index (χ1n) is 8.56. The molecular formula is C17H20ClF2N3O3S. The van der Waals surface area contributed by atoms with E-state index in [4.69, 9.17) is 21.1 Å². The van der Waals surface area contributed by atoms with Gasteiger partial charge < -0.3 is 9.47 Å². The van der Waals surface area contributed by atoms with Crippen LogP contribution in [0.3, 0.4) is 0 Å². The third kappa shape index (κ3) is 4.84. The minimum Gasteiger partial charge on any atom is -0.461 e. The summed E-state index contributed by atoms with van der Waals surface area (Å²) in [6, 6.07) is 1.33. The van der Waals surface area contributed by atoms with Crippen molar-refractivity contribution in [2.24, 2.45) is 0 Å². The Morgan fingerprint density at radius 1 is 1.52 bits per heavy atom. The molecule has 1 aliphatic heterocycles. The molecule has 0 saturated carbocycles. The number of alkyl halides is 2. The maximum atomic E-state index is 14.3. The molecule has 0 amide bonds. The lowest BCUT2D eigenvalue weighted by molar-refractivity contribution is -0.0866. The summed E-state index contributed by atoms with van der Waals surface area (Å²) in [7, 11) is 0. The molecule has 3 heterocycles. The minimum absolute atomic E-state index is 0.0603. The zero-order chi connectivity index (χ0) is 19.4. The number of nitrogens with one attached hydrogen (secondary N) is 1. The Balaban J connectivity index is 1.75. The number of aromatic nitrogens is 2. The van der Waals surface area contributed by atoms with Gasteiger partial charge in [-0.2, -0.15) is 13.9 Å². The number of hydrogen-bond donors (Lipinski definition) is 1. The van der Waals surface area contributed by atoms with E-state index in [1.807, 2.05) is 4.90 Å². The monoisotopic (exact) mass is 419 g/mol. The van der Waals surface area contributed by atoms with E-state index < -0.39 is 18.5 Å². The second-order valence-corrected chi connectivity index (χ2v) is 7.93. The van der Waals surface area contributed by atoms with Crippen LogP contribution in [0.15, 0.2) is 12.3 Å². The van der Waals surface area contributed by atoms with Crippen LogP contribution in [0.4, 0.5) is 8.78 Å². The molecule has 0 atom stereocenters. The van der Waals surface area contributed by atoms with Gasteiger partial charge in [0.1, 0.15) is 12.3 Å². The summed E-state index contributed by atoms with van der Waals surface area (Å²) in [6.45, 7) is 2.89. The number of halogens is 3. The lowest BCUT2D eigenvalue weighted by atomic mass is 10.1. The van der Waals surface area contributed by atoms with Crippen molar-refractivity contribution in [1.82, 2.24) is 15.1 Å². The molecule has 6 nitrogen and oxygen atoms in total. The van der Waals surface area contributed by atoms with Crippen LogP contribution in [0.2, 0.25) is 4.34 Å². The molecule has 0 aromatic carbocycles. The van der Waals surface area contributed by atoms with Gasteiger partial charge in [0.2, 0.25) is 0 Å². The number of carbonyl (C=O) groups is 1. The Morgan fingerprint density at radius 3 is 3.11 bits per heavy atom. The normalized spacial score (nSPS) is 18.1. The van der Waals surface area contributed by atoms with Crippen LogP contribution in [-0.4, -0.2) is 54.0 Å². The molecule has 3 rings (SSSR count). The molecule has 10 heteroatoms. The second-order valence-electron chi connectivity index (χ2n) is 6.16. The molecule has 0 fully saturated rings. The lowest BCUT2D eigenvalue weighted by Gasteiger charge is -2.25. The summed E-state index contributed by atoms with van der Waals surface area (Å²) < 4.78 is 39.2. The number of thiophene rings is 1. The number of esters is 1. The van der Waals surface area contributed by atoms with Crippen LogP contribution in [0.25, 0.3) is 0 Å². The molecule has 0 spiro atoms. The smallest absolute Gasteiger partial charge is 0.356 e. The van der Waals surface area contributed by atoms with Gasteiger partial charge in [0.05, 0.1) is 23.7 Å². The predicted octanol–water partition coefficient (Wildman–Crippen LogP) is 3.47. The first-order valence-corrected chi connectivity index (χ1v) is 9.76. The highest BCUT2D eigenvalue weighted by Gasteiger charge is 2.36. The molecule has 1 aliphatic rings. The van der Waals surface area contributed by atoms with Crippen molar-refractivity contribution < 1.29 is 23.0 Å². The zero-order valence-corrected chi connectivity index (χ0v) is 16.3. The average molecular weight is 420 g/mol. The Kier molecular flexibility index (Phi) is 6.46. The van der Waals surface area contributed by atoms with E-state index >= 15 is 0 Å². The van der Waals surface area contributed by atoms with E-state index in [0.717, 1.165) is 0 Å². The summed E-state index contributed by atoms with van der Waals surface area (Å²) in [6.07, 6.45) is 2.02. The Bertz CT molecular complexity index is 796. The van der Waals surface area contributed by atoms with Crippen molar-refractivity contribution >= 4 is 28.9 Å². The number of fused-ring (bicyclic) bond motifs is 1. The van der Waals surface area contributed by atoms with Crippen LogP contribution < -0.4 is 0 Å². The Labute approximate surface area is 164 Å². The number of carbonyl (C=O) groups excluding carboxylic acids is 1. The van der Waals surface area contributed by atoms with Gasteiger partial charge in [-0.15, -0.1) is 11.3 Å². The fourth-order valence-corrected chi connectivity index (χ4v) is 4.26. The third-order valence-corrected chi connectivity index (χ3v) is 5.58. The number of rotatable bonds is 4. The zero-order valence-electron chi connectivity index (χ0n) is 14.8. The Morgan fingerprint density at radius 2 is 2.33 bits per heavy atom. The maximum Gasteiger partial charge on any atom is 0.356 e. The molecule has 0 radical (unpaired) electrons. The molecule has 27 heavy (non-hydrogen) atoms. The van der Waals surface area contributed by atoms with Crippen molar-refractivity contribution in [2.45, 2.75) is 25.8 Å². The minimum atomic E-state index is -3.05. The summed E-state index contributed by atoms with van der Waals surface area (Å²) >= 11 is 7.14. The van der Waals surface area contributed by atoms with Gasteiger partial charge in [-0.1, -0.05) is 11.6 Å². The predicted molar refractivity (Wildman–Crippen MR) is 97.6 cm³/mol. The van der Waals surface area contributed by atoms with Gasteiger partial charge in [0.15, 0.2) is 0 Å². The largest absolute Gasteiger partial charge is 0.461 e. The molecule has 0 saturated heterocycles. The highest BCUT2D eigenvalue weighted by Crippen LogP contribution is 2.38. The highest BCUT2D eigenvalue weighted by atomic mass is 35.5. The second kappa shape index (κ2) is 8.64. The van der Waals surface area contributed by atoms with E-state index in [1.54, 1.807) is 13.1 Å². The molecule has 2 aromatic heterocycles. The third-order valence-electron chi connectivity index (χ3n) is 4.25. The van der Waals surface area contributed by atoms with E-state index in [-0.39, 0.29) is 18.8 Å². The van der Waals surface area contributed by atoms with E-state index in [1.165, 1.54) is 17.4 Å². The molecule has 0 aliphatic carbocycles. The maximum absolute atomic E-state index is 14.3. The first-order chi connectivity index (χ1) is 12.9. The van der Waals surface area contributed by atoms with Crippen molar-refractivity contribution in [3.63, 3.8) is 0 Å². The molecule has 0 unspecified atom stereocenters.